The number of amides is 2. The number of furan rings is 1. The van der Waals surface area contributed by atoms with Crippen molar-refractivity contribution in [2.75, 3.05) is 22.1 Å². The Kier molecular flexibility index (Phi) is 5.75. The summed E-state index contributed by atoms with van der Waals surface area (Å²) >= 11 is 0.895. The maximum absolute atomic E-state index is 13.5. The van der Waals surface area contributed by atoms with E-state index < -0.39 is 23.2 Å². The number of thioether (sulfide) groups is 1. The van der Waals surface area contributed by atoms with E-state index >= 15 is 0 Å². The van der Waals surface area contributed by atoms with Gasteiger partial charge in [-0.15, -0.1) is 0 Å². The Morgan fingerprint density at radius 2 is 2.00 bits per heavy atom. The molecule has 28 heavy (non-hydrogen) atoms. The van der Waals surface area contributed by atoms with E-state index in [0.717, 1.165) is 11.8 Å². The van der Waals surface area contributed by atoms with Crippen LogP contribution >= 0.6 is 11.8 Å². The number of carbonyl (C=O) groups excluding carboxylic acids is 2. The highest BCUT2D eigenvalue weighted by Gasteiger charge is 2.16. The van der Waals surface area contributed by atoms with Crippen LogP contribution in [0.15, 0.2) is 57.0 Å². The summed E-state index contributed by atoms with van der Waals surface area (Å²) in [5.41, 5.74) is 4.86. The summed E-state index contributed by atoms with van der Waals surface area (Å²) in [5.74, 6) is -2.08. The number of nitrogen functional groups attached to an aromatic ring is 1. The van der Waals surface area contributed by atoms with Gasteiger partial charge in [-0.05, 0) is 24.3 Å². The molecular formula is C17H14FN5O4S. The highest BCUT2D eigenvalue weighted by molar-refractivity contribution is 7.99. The van der Waals surface area contributed by atoms with E-state index in [1.165, 1.54) is 36.6 Å². The fourth-order valence-electron chi connectivity index (χ4n) is 2.12. The monoisotopic (exact) mass is 403 g/mol. The lowest BCUT2D eigenvalue weighted by atomic mass is 10.3. The Labute approximate surface area is 161 Å². The second-order valence-corrected chi connectivity index (χ2v) is 6.34. The van der Waals surface area contributed by atoms with E-state index in [1.54, 1.807) is 6.07 Å². The molecule has 2 amide bonds. The molecule has 11 heteroatoms. The number of anilines is 3. The van der Waals surface area contributed by atoms with Gasteiger partial charge in [0.05, 0.1) is 17.7 Å². The molecule has 0 bridgehead atoms. The van der Waals surface area contributed by atoms with Crippen LogP contribution in [-0.2, 0) is 4.79 Å². The van der Waals surface area contributed by atoms with Crippen LogP contribution in [0.3, 0.4) is 0 Å². The van der Waals surface area contributed by atoms with Crippen molar-refractivity contribution in [3.05, 3.63) is 64.6 Å². The number of benzene rings is 1. The van der Waals surface area contributed by atoms with Crippen molar-refractivity contribution in [2.24, 2.45) is 0 Å². The van der Waals surface area contributed by atoms with E-state index in [-0.39, 0.29) is 33.9 Å². The Morgan fingerprint density at radius 1 is 1.21 bits per heavy atom. The molecule has 9 nitrogen and oxygen atoms in total. The number of aromatic amines is 1. The molecule has 0 saturated carbocycles. The summed E-state index contributed by atoms with van der Waals surface area (Å²) in [6.45, 7) is 0. The summed E-state index contributed by atoms with van der Waals surface area (Å²) in [4.78, 5) is 42.4. The van der Waals surface area contributed by atoms with Gasteiger partial charge < -0.3 is 20.8 Å². The molecular weight excluding hydrogens is 389 g/mol. The van der Waals surface area contributed by atoms with Crippen LogP contribution in [0.4, 0.5) is 21.6 Å². The number of nitrogens with two attached hydrogens (primary N) is 1. The third-order valence-electron chi connectivity index (χ3n) is 3.40. The largest absolute Gasteiger partial charge is 0.459 e. The minimum atomic E-state index is -0.690. The molecule has 0 saturated heterocycles. The Balaban J connectivity index is 1.64. The molecule has 144 valence electrons. The summed E-state index contributed by atoms with van der Waals surface area (Å²) in [7, 11) is 0. The van der Waals surface area contributed by atoms with Gasteiger partial charge in [-0.2, -0.15) is 0 Å². The van der Waals surface area contributed by atoms with Gasteiger partial charge in [0.25, 0.3) is 11.5 Å². The van der Waals surface area contributed by atoms with Crippen molar-refractivity contribution in [2.45, 2.75) is 5.16 Å². The zero-order valence-corrected chi connectivity index (χ0v) is 15.0. The average molecular weight is 403 g/mol. The predicted molar refractivity (Wildman–Crippen MR) is 102 cm³/mol. The molecule has 0 radical (unpaired) electrons. The van der Waals surface area contributed by atoms with E-state index in [1.807, 2.05) is 0 Å². The molecule has 3 aromatic rings. The fraction of sp³-hybridized carbons (Fsp3) is 0.0588. The molecule has 0 fully saturated rings. The minimum Gasteiger partial charge on any atom is -0.459 e. The maximum atomic E-state index is 13.5. The molecule has 0 aliphatic heterocycles. The number of nitrogens with zero attached hydrogens (tertiary/aromatic N) is 1. The first-order valence-corrected chi connectivity index (χ1v) is 8.84. The molecule has 0 aliphatic carbocycles. The van der Waals surface area contributed by atoms with Crippen LogP contribution in [0.5, 0.6) is 0 Å². The summed E-state index contributed by atoms with van der Waals surface area (Å²) in [6.07, 6.45) is 1.31. The first-order chi connectivity index (χ1) is 13.4. The minimum absolute atomic E-state index is 0.00191. The van der Waals surface area contributed by atoms with Gasteiger partial charge in [-0.3, -0.25) is 19.4 Å². The van der Waals surface area contributed by atoms with Crippen LogP contribution in [0.1, 0.15) is 10.6 Å². The molecule has 2 aromatic heterocycles. The maximum Gasteiger partial charge on any atom is 0.291 e. The van der Waals surface area contributed by atoms with Crippen LogP contribution in [0.25, 0.3) is 0 Å². The van der Waals surface area contributed by atoms with E-state index in [9.17, 15) is 18.8 Å². The molecule has 1 aromatic carbocycles. The lowest BCUT2D eigenvalue weighted by Crippen LogP contribution is -2.23. The van der Waals surface area contributed by atoms with Crippen LogP contribution in [-0.4, -0.2) is 27.5 Å². The number of H-pyrrole nitrogens is 1. The molecule has 3 rings (SSSR count). The molecule has 2 heterocycles. The highest BCUT2D eigenvalue weighted by Crippen LogP contribution is 2.18. The van der Waals surface area contributed by atoms with Gasteiger partial charge in [0.2, 0.25) is 5.91 Å². The number of halogens is 1. The molecule has 0 unspecified atom stereocenters. The second-order valence-electron chi connectivity index (χ2n) is 5.38. The number of aromatic nitrogens is 2. The molecule has 0 atom stereocenters. The zero-order chi connectivity index (χ0) is 20.1. The van der Waals surface area contributed by atoms with Gasteiger partial charge >= 0.3 is 0 Å². The van der Waals surface area contributed by atoms with Crippen LogP contribution in [0.2, 0.25) is 0 Å². The first kappa shape index (κ1) is 19.2. The van der Waals surface area contributed by atoms with Crippen molar-refractivity contribution < 1.29 is 18.4 Å². The van der Waals surface area contributed by atoms with E-state index in [2.05, 4.69) is 20.6 Å². The smallest absolute Gasteiger partial charge is 0.291 e. The number of rotatable bonds is 6. The van der Waals surface area contributed by atoms with Crippen molar-refractivity contribution in [3.8, 4) is 0 Å². The second kappa shape index (κ2) is 8.39. The normalized spacial score (nSPS) is 10.5. The van der Waals surface area contributed by atoms with Crippen molar-refractivity contribution >= 4 is 40.8 Å². The number of hydrogen-bond donors (Lipinski definition) is 4. The Morgan fingerprint density at radius 3 is 2.68 bits per heavy atom. The summed E-state index contributed by atoms with van der Waals surface area (Å²) in [5, 5.41) is 4.80. The topological polar surface area (TPSA) is 143 Å². The SMILES string of the molecule is Nc1nc(SCC(=O)Nc2ccccc2F)[nH]c(=O)c1NC(=O)c1ccco1. The number of hydrogen-bond acceptors (Lipinski definition) is 7. The fourth-order valence-corrected chi connectivity index (χ4v) is 2.79. The third kappa shape index (κ3) is 4.57. The van der Waals surface area contributed by atoms with Crippen LogP contribution < -0.4 is 21.9 Å². The van der Waals surface area contributed by atoms with Crippen LogP contribution in [0, 0.1) is 5.82 Å². The van der Waals surface area contributed by atoms with Crippen molar-refractivity contribution in [1.82, 2.24) is 9.97 Å². The standard InChI is InChI=1S/C17H14FN5O4S/c18-9-4-1-2-5-10(9)20-12(24)8-28-17-22-14(19)13(16(26)23-17)21-15(25)11-6-3-7-27-11/h1-7H,8H2,(H,20,24)(H,21,25)(H3,19,22,23,26). The Hall–Kier alpha value is -3.60. The highest BCUT2D eigenvalue weighted by atomic mass is 32.2. The number of nitrogens with one attached hydrogen (secondary N) is 3. The first-order valence-electron chi connectivity index (χ1n) is 7.86. The Bertz CT molecular complexity index is 1070. The molecule has 5 N–H and O–H groups in total. The quantitative estimate of drug-likeness (QED) is 0.364. The lowest BCUT2D eigenvalue weighted by molar-refractivity contribution is -0.113. The van der Waals surface area contributed by atoms with Crippen molar-refractivity contribution in [1.29, 1.82) is 0 Å². The predicted octanol–water partition coefficient (Wildman–Crippen LogP) is 2.07. The number of para-hydroxylation sites is 1. The van der Waals surface area contributed by atoms with E-state index in [0.29, 0.717) is 0 Å². The average Bonchev–Trinajstić information content (AvgIpc) is 3.20. The van der Waals surface area contributed by atoms with Gasteiger partial charge in [-0.25, -0.2) is 9.37 Å². The van der Waals surface area contributed by atoms with E-state index in [4.69, 9.17) is 10.2 Å². The summed E-state index contributed by atoms with van der Waals surface area (Å²) in [6, 6.07) is 8.67. The third-order valence-corrected chi connectivity index (χ3v) is 4.27. The van der Waals surface area contributed by atoms with Gasteiger partial charge in [0, 0.05) is 0 Å². The molecule has 0 aliphatic rings. The lowest BCUT2D eigenvalue weighted by Gasteiger charge is -2.08. The van der Waals surface area contributed by atoms with Gasteiger partial charge in [0.15, 0.2) is 22.4 Å². The number of carbonyl (C=O) groups is 2. The van der Waals surface area contributed by atoms with Crippen molar-refractivity contribution in [3.63, 3.8) is 0 Å². The van der Waals surface area contributed by atoms with Gasteiger partial charge in [-0.1, -0.05) is 23.9 Å². The zero-order valence-electron chi connectivity index (χ0n) is 14.2. The van der Waals surface area contributed by atoms with Gasteiger partial charge in [0.1, 0.15) is 5.82 Å². The molecule has 0 spiro atoms. The summed E-state index contributed by atoms with van der Waals surface area (Å²) < 4.78 is 18.5.